The summed E-state index contributed by atoms with van der Waals surface area (Å²) < 4.78 is 28.4. The molecule has 0 radical (unpaired) electrons. The number of nitrogens with one attached hydrogen (secondary N) is 1. The molecule has 0 saturated carbocycles. The monoisotopic (exact) mass is 337 g/mol. The highest BCUT2D eigenvalue weighted by Gasteiger charge is 2.12. The van der Waals surface area contributed by atoms with Gasteiger partial charge in [-0.2, -0.15) is 0 Å². The van der Waals surface area contributed by atoms with Gasteiger partial charge in [-0.25, -0.2) is 18.1 Å². The average molecular weight is 337 g/mol. The van der Waals surface area contributed by atoms with Crippen molar-refractivity contribution in [1.29, 1.82) is 0 Å². The van der Waals surface area contributed by atoms with Crippen molar-refractivity contribution in [2.75, 3.05) is 12.3 Å². The van der Waals surface area contributed by atoms with Crippen LogP contribution in [0.15, 0.2) is 18.2 Å². The van der Waals surface area contributed by atoms with Crippen LogP contribution in [-0.4, -0.2) is 30.3 Å². The molecule has 0 amide bonds. The van der Waals surface area contributed by atoms with Crippen LogP contribution in [0.1, 0.15) is 50.9 Å². The largest absolute Gasteiger partial charge is 0.331 e. The van der Waals surface area contributed by atoms with E-state index in [1.807, 2.05) is 14.0 Å². The molecule has 1 N–H and O–H groups in total. The van der Waals surface area contributed by atoms with Crippen molar-refractivity contribution in [2.45, 2.75) is 46.0 Å². The zero-order chi connectivity index (χ0) is 17.0. The molecule has 5 nitrogen and oxygen atoms in total. The van der Waals surface area contributed by atoms with E-state index in [1.54, 1.807) is 0 Å². The smallest absolute Gasteiger partial charge is 0.211 e. The maximum Gasteiger partial charge on any atom is 0.211 e. The molecule has 0 unspecified atom stereocenters. The molecular weight excluding hydrogens is 310 g/mol. The third-order valence-corrected chi connectivity index (χ3v) is 5.47. The van der Waals surface area contributed by atoms with Gasteiger partial charge < -0.3 is 4.57 Å². The van der Waals surface area contributed by atoms with Crippen LogP contribution in [0.5, 0.6) is 0 Å². The number of unbranched alkanes of at least 4 members (excludes halogenated alkanes) is 1. The minimum atomic E-state index is -3.14. The summed E-state index contributed by atoms with van der Waals surface area (Å²) in [5, 5.41) is 0. The summed E-state index contributed by atoms with van der Waals surface area (Å²) in [5.74, 6) is 1.65. The summed E-state index contributed by atoms with van der Waals surface area (Å²) in [6, 6.07) is 6.17. The Bertz CT molecular complexity index is 763. The average Bonchev–Trinajstić information content (AvgIpc) is 2.82. The van der Waals surface area contributed by atoms with Crippen molar-refractivity contribution in [2.24, 2.45) is 7.05 Å². The molecule has 0 aliphatic rings. The van der Waals surface area contributed by atoms with E-state index in [0.717, 1.165) is 28.8 Å². The van der Waals surface area contributed by atoms with Crippen LogP contribution in [0.25, 0.3) is 11.0 Å². The number of aromatic nitrogens is 2. The lowest BCUT2D eigenvalue weighted by molar-refractivity contribution is 0.578. The van der Waals surface area contributed by atoms with E-state index < -0.39 is 10.0 Å². The Balaban J connectivity index is 2.04. The number of sulfonamides is 1. The second kappa shape index (κ2) is 7.45. The Morgan fingerprint density at radius 2 is 2.04 bits per heavy atom. The van der Waals surface area contributed by atoms with Gasteiger partial charge in [-0.1, -0.05) is 33.3 Å². The van der Waals surface area contributed by atoms with E-state index in [0.29, 0.717) is 25.3 Å². The molecule has 128 valence electrons. The zero-order valence-electron chi connectivity index (χ0n) is 14.5. The first-order valence-electron chi connectivity index (χ1n) is 8.26. The fourth-order valence-corrected chi connectivity index (χ4v) is 3.92. The number of hydrogen-bond acceptors (Lipinski definition) is 3. The molecule has 1 aromatic carbocycles. The molecule has 1 aromatic heterocycles. The Kier molecular flexibility index (Phi) is 5.81. The molecule has 0 spiro atoms. The Morgan fingerprint density at radius 1 is 1.30 bits per heavy atom. The fourth-order valence-electron chi connectivity index (χ4n) is 2.69. The summed E-state index contributed by atoms with van der Waals surface area (Å²) in [4.78, 5) is 4.69. The molecule has 0 atom stereocenters. The summed E-state index contributed by atoms with van der Waals surface area (Å²) in [7, 11) is -1.11. The molecule has 0 saturated heterocycles. The van der Waals surface area contributed by atoms with Crippen molar-refractivity contribution < 1.29 is 8.42 Å². The second-order valence-electron chi connectivity index (χ2n) is 6.32. The lowest BCUT2D eigenvalue weighted by atomic mass is 10.1. The van der Waals surface area contributed by atoms with Crippen LogP contribution in [0, 0.1) is 0 Å². The Hall–Kier alpha value is -1.40. The summed E-state index contributed by atoms with van der Waals surface area (Å²) in [5.41, 5.74) is 3.19. The quantitative estimate of drug-likeness (QED) is 0.805. The number of nitrogens with zero attached hydrogens (tertiary/aromatic N) is 2. The van der Waals surface area contributed by atoms with Gasteiger partial charge in [0, 0.05) is 19.5 Å². The Labute approximate surface area is 139 Å². The molecule has 0 aliphatic heterocycles. The third kappa shape index (κ3) is 4.54. The van der Waals surface area contributed by atoms with Crippen molar-refractivity contribution in [3.63, 3.8) is 0 Å². The molecule has 0 aliphatic carbocycles. The van der Waals surface area contributed by atoms with Gasteiger partial charge in [-0.3, -0.25) is 0 Å². The molecule has 6 heteroatoms. The molecule has 0 bridgehead atoms. The first kappa shape index (κ1) is 17.9. The van der Waals surface area contributed by atoms with Gasteiger partial charge in [-0.15, -0.1) is 0 Å². The van der Waals surface area contributed by atoms with Gasteiger partial charge >= 0.3 is 0 Å². The highest BCUT2D eigenvalue weighted by Crippen LogP contribution is 2.21. The summed E-state index contributed by atoms with van der Waals surface area (Å²) >= 11 is 0. The summed E-state index contributed by atoms with van der Waals surface area (Å²) in [6.07, 6.45) is 2.26. The number of rotatable bonds is 8. The van der Waals surface area contributed by atoms with Crippen molar-refractivity contribution >= 4 is 21.1 Å². The lowest BCUT2D eigenvalue weighted by Gasteiger charge is -2.06. The molecule has 2 rings (SSSR count). The topological polar surface area (TPSA) is 64.0 Å². The van der Waals surface area contributed by atoms with Crippen LogP contribution < -0.4 is 4.72 Å². The predicted molar refractivity (Wildman–Crippen MR) is 95.2 cm³/mol. The standard InChI is InChI=1S/C17H27N3O2S/c1-5-6-11-23(21,22)18-10-9-14-7-8-16-15(12-14)19-17(13(2)3)20(16)4/h7-8,12-13,18H,5-6,9-11H2,1-4H3. The van der Waals surface area contributed by atoms with Crippen molar-refractivity contribution in [1.82, 2.24) is 14.3 Å². The Morgan fingerprint density at radius 3 is 2.70 bits per heavy atom. The van der Waals surface area contributed by atoms with E-state index in [4.69, 9.17) is 4.98 Å². The van der Waals surface area contributed by atoms with Gasteiger partial charge in [0.05, 0.1) is 16.8 Å². The SMILES string of the molecule is CCCCS(=O)(=O)NCCc1ccc2c(c1)nc(C(C)C)n2C. The maximum absolute atomic E-state index is 11.8. The zero-order valence-corrected chi connectivity index (χ0v) is 15.3. The maximum atomic E-state index is 11.8. The normalized spacial score (nSPS) is 12.4. The number of hydrogen-bond donors (Lipinski definition) is 1. The van der Waals surface area contributed by atoms with Gasteiger partial charge in [0.15, 0.2) is 0 Å². The highest BCUT2D eigenvalue weighted by molar-refractivity contribution is 7.89. The van der Waals surface area contributed by atoms with Crippen LogP contribution in [0.2, 0.25) is 0 Å². The number of fused-ring (bicyclic) bond motifs is 1. The summed E-state index contributed by atoms with van der Waals surface area (Å²) in [6.45, 7) is 6.69. The number of imidazole rings is 1. The molecule has 23 heavy (non-hydrogen) atoms. The fraction of sp³-hybridized carbons (Fsp3) is 0.588. The first-order chi connectivity index (χ1) is 10.8. The van der Waals surface area contributed by atoms with Gasteiger partial charge in [0.2, 0.25) is 10.0 Å². The highest BCUT2D eigenvalue weighted by atomic mass is 32.2. The van der Waals surface area contributed by atoms with E-state index in [1.165, 1.54) is 0 Å². The number of benzene rings is 1. The van der Waals surface area contributed by atoms with Gasteiger partial charge in [0.25, 0.3) is 0 Å². The van der Waals surface area contributed by atoms with Crippen LogP contribution >= 0.6 is 0 Å². The molecular formula is C17H27N3O2S. The van der Waals surface area contributed by atoms with E-state index in [-0.39, 0.29) is 5.75 Å². The minimum Gasteiger partial charge on any atom is -0.331 e. The lowest BCUT2D eigenvalue weighted by Crippen LogP contribution is -2.28. The van der Waals surface area contributed by atoms with Crippen LogP contribution in [0.3, 0.4) is 0 Å². The van der Waals surface area contributed by atoms with E-state index >= 15 is 0 Å². The second-order valence-corrected chi connectivity index (χ2v) is 8.25. The first-order valence-corrected chi connectivity index (χ1v) is 9.92. The molecule has 1 heterocycles. The minimum absolute atomic E-state index is 0.209. The van der Waals surface area contributed by atoms with Gasteiger partial charge in [0.1, 0.15) is 5.82 Å². The van der Waals surface area contributed by atoms with E-state index in [9.17, 15) is 8.42 Å². The molecule has 0 fully saturated rings. The van der Waals surface area contributed by atoms with Crippen LogP contribution in [-0.2, 0) is 23.5 Å². The van der Waals surface area contributed by atoms with Gasteiger partial charge in [-0.05, 0) is 30.5 Å². The molecule has 2 aromatic rings. The van der Waals surface area contributed by atoms with Crippen molar-refractivity contribution in [3.05, 3.63) is 29.6 Å². The van der Waals surface area contributed by atoms with Crippen molar-refractivity contribution in [3.8, 4) is 0 Å². The number of aryl methyl sites for hydroxylation is 1. The van der Waals surface area contributed by atoms with Crippen LogP contribution in [0.4, 0.5) is 0 Å². The predicted octanol–water partition coefficient (Wildman–Crippen LogP) is 2.96. The third-order valence-electron chi connectivity index (χ3n) is 4.00. The van der Waals surface area contributed by atoms with E-state index in [2.05, 4.69) is 41.3 Å².